The van der Waals surface area contributed by atoms with Crippen molar-refractivity contribution in [3.05, 3.63) is 29.8 Å². The Morgan fingerprint density at radius 1 is 1.15 bits per heavy atom. The van der Waals surface area contributed by atoms with Gasteiger partial charge in [0.25, 0.3) is 0 Å². The number of piperidine rings is 1. The molecule has 2 heterocycles. The van der Waals surface area contributed by atoms with Crippen LogP contribution in [-0.4, -0.2) is 71.5 Å². The summed E-state index contributed by atoms with van der Waals surface area (Å²) < 4.78 is 5.91. The number of aliphatic imine (C=N–C) groups is 1. The molecule has 9 heteroatoms. The van der Waals surface area contributed by atoms with E-state index in [1.54, 1.807) is 16.7 Å². The van der Waals surface area contributed by atoms with Gasteiger partial charge in [0.2, 0.25) is 5.91 Å². The molecule has 3 amide bonds. The number of hydrogen-bond donors (Lipinski definition) is 2. The number of ether oxygens (including phenoxy) is 1. The van der Waals surface area contributed by atoms with E-state index in [9.17, 15) is 9.59 Å². The average Bonchev–Trinajstić information content (AvgIpc) is 3.37. The van der Waals surface area contributed by atoms with Gasteiger partial charge in [0.15, 0.2) is 0 Å². The van der Waals surface area contributed by atoms with E-state index in [-0.39, 0.29) is 17.9 Å². The Morgan fingerprint density at radius 3 is 2.47 bits per heavy atom. The standard InChI is InChI=1S/C25H39N5O3S/c1-18(2)23(27)28-25(32)29-11-9-19(10-12-29)4-3-14-33-21-7-5-20(6-8-21)16-22(26)24(31)30-13-15-34-17-30/h5-8,18-19,22H,3-4,9-17,26H2,1-2H3,(H2,27,28,32)/t22-/m0/s1. The summed E-state index contributed by atoms with van der Waals surface area (Å²) >= 11 is 1.77. The van der Waals surface area contributed by atoms with Gasteiger partial charge >= 0.3 is 6.03 Å². The number of nitrogens with zero attached hydrogens (tertiary/aromatic N) is 3. The first-order chi connectivity index (χ1) is 16.3. The lowest BCUT2D eigenvalue weighted by Crippen LogP contribution is -2.43. The second-order valence-electron chi connectivity index (χ2n) is 9.49. The minimum Gasteiger partial charge on any atom is -0.494 e. The molecule has 1 aromatic rings. The van der Waals surface area contributed by atoms with Crippen molar-refractivity contribution in [2.75, 3.05) is 37.9 Å². The number of benzene rings is 1. The van der Waals surface area contributed by atoms with Crippen molar-refractivity contribution in [1.82, 2.24) is 9.80 Å². The summed E-state index contributed by atoms with van der Waals surface area (Å²) in [6.45, 7) is 6.80. The number of carbonyl (C=O) groups excluding carboxylic acids is 2. The first-order valence-corrected chi connectivity index (χ1v) is 13.5. The molecule has 4 N–H and O–H groups in total. The van der Waals surface area contributed by atoms with Crippen LogP contribution in [0.15, 0.2) is 29.3 Å². The van der Waals surface area contributed by atoms with Crippen molar-refractivity contribution >= 4 is 29.5 Å². The number of hydrogen-bond acceptors (Lipinski definition) is 5. The molecular weight excluding hydrogens is 450 g/mol. The summed E-state index contributed by atoms with van der Waals surface area (Å²) in [5, 5.41) is 0. The van der Waals surface area contributed by atoms with Gasteiger partial charge < -0.3 is 26.0 Å². The topological polar surface area (TPSA) is 114 Å². The fraction of sp³-hybridized carbons (Fsp3) is 0.640. The van der Waals surface area contributed by atoms with E-state index in [4.69, 9.17) is 16.2 Å². The molecule has 0 saturated carbocycles. The molecule has 1 aromatic carbocycles. The number of likely N-dealkylation sites (tertiary alicyclic amines) is 1. The smallest absolute Gasteiger partial charge is 0.345 e. The van der Waals surface area contributed by atoms with Gasteiger partial charge in [0.1, 0.15) is 11.6 Å². The summed E-state index contributed by atoms with van der Waals surface area (Å²) in [5.41, 5.74) is 13.0. The number of nitrogens with two attached hydrogens (primary N) is 2. The maximum absolute atomic E-state index is 12.4. The molecule has 0 bridgehead atoms. The van der Waals surface area contributed by atoms with Crippen LogP contribution in [0.2, 0.25) is 0 Å². The highest BCUT2D eigenvalue weighted by atomic mass is 32.2. The van der Waals surface area contributed by atoms with Gasteiger partial charge in [-0.1, -0.05) is 26.0 Å². The molecule has 188 valence electrons. The minimum absolute atomic E-state index is 0.0351. The van der Waals surface area contributed by atoms with E-state index in [0.29, 0.717) is 24.8 Å². The minimum atomic E-state index is -0.494. The summed E-state index contributed by atoms with van der Waals surface area (Å²) in [5.74, 6) is 3.70. The Kier molecular flexibility index (Phi) is 10.1. The molecule has 3 rings (SSSR count). The molecule has 0 aliphatic carbocycles. The highest BCUT2D eigenvalue weighted by molar-refractivity contribution is 7.99. The molecule has 0 spiro atoms. The molecule has 2 fully saturated rings. The van der Waals surface area contributed by atoms with E-state index >= 15 is 0 Å². The third-order valence-electron chi connectivity index (χ3n) is 6.49. The second kappa shape index (κ2) is 13.0. The van der Waals surface area contributed by atoms with Crippen LogP contribution in [0.1, 0.15) is 45.1 Å². The fourth-order valence-corrected chi connectivity index (χ4v) is 5.13. The zero-order chi connectivity index (χ0) is 24.5. The van der Waals surface area contributed by atoms with Crippen molar-refractivity contribution in [2.45, 2.75) is 52.0 Å². The van der Waals surface area contributed by atoms with Crippen LogP contribution in [0.3, 0.4) is 0 Å². The van der Waals surface area contributed by atoms with Crippen LogP contribution >= 0.6 is 11.8 Å². The Balaban J connectivity index is 1.31. The largest absolute Gasteiger partial charge is 0.494 e. The normalized spacial score (nSPS) is 18.4. The summed E-state index contributed by atoms with van der Waals surface area (Å²) in [7, 11) is 0. The number of amidine groups is 1. The van der Waals surface area contributed by atoms with Crippen molar-refractivity contribution in [1.29, 1.82) is 0 Å². The molecule has 1 atom stereocenters. The molecular formula is C25H39N5O3S. The van der Waals surface area contributed by atoms with E-state index in [2.05, 4.69) is 4.99 Å². The molecule has 2 aliphatic rings. The number of carbonyl (C=O) groups is 2. The predicted octanol–water partition coefficient (Wildman–Crippen LogP) is 3.09. The Morgan fingerprint density at radius 2 is 1.85 bits per heavy atom. The number of thioether (sulfide) groups is 1. The van der Waals surface area contributed by atoms with E-state index < -0.39 is 6.04 Å². The summed E-state index contributed by atoms with van der Waals surface area (Å²) in [4.78, 5) is 32.3. The maximum atomic E-state index is 12.4. The van der Waals surface area contributed by atoms with Crippen LogP contribution in [-0.2, 0) is 11.2 Å². The zero-order valence-electron chi connectivity index (χ0n) is 20.4. The Hall–Kier alpha value is -2.26. The average molecular weight is 490 g/mol. The van der Waals surface area contributed by atoms with Crippen LogP contribution in [0.4, 0.5) is 4.79 Å². The predicted molar refractivity (Wildman–Crippen MR) is 138 cm³/mol. The lowest BCUT2D eigenvalue weighted by Gasteiger charge is -2.30. The van der Waals surface area contributed by atoms with Crippen molar-refractivity contribution in [3.63, 3.8) is 0 Å². The van der Waals surface area contributed by atoms with Gasteiger partial charge in [-0.25, -0.2) is 4.79 Å². The molecule has 0 radical (unpaired) electrons. The number of amides is 3. The molecule has 34 heavy (non-hydrogen) atoms. The van der Waals surface area contributed by atoms with Gasteiger partial charge in [0.05, 0.1) is 18.5 Å². The first-order valence-electron chi connectivity index (χ1n) is 12.3. The van der Waals surface area contributed by atoms with E-state index in [0.717, 1.165) is 68.3 Å². The highest BCUT2D eigenvalue weighted by Crippen LogP contribution is 2.23. The van der Waals surface area contributed by atoms with Gasteiger partial charge in [-0.05, 0) is 55.7 Å². The molecule has 8 nitrogen and oxygen atoms in total. The fourth-order valence-electron chi connectivity index (χ4n) is 4.17. The maximum Gasteiger partial charge on any atom is 0.345 e. The third kappa shape index (κ3) is 7.91. The van der Waals surface area contributed by atoms with Gasteiger partial charge in [-0.2, -0.15) is 4.99 Å². The second-order valence-corrected chi connectivity index (χ2v) is 10.6. The van der Waals surface area contributed by atoms with E-state index in [1.165, 1.54) is 0 Å². The number of urea groups is 1. The lowest BCUT2D eigenvalue weighted by atomic mass is 9.92. The lowest BCUT2D eigenvalue weighted by molar-refractivity contribution is -0.131. The third-order valence-corrected chi connectivity index (χ3v) is 7.45. The Labute approximate surface area is 207 Å². The zero-order valence-corrected chi connectivity index (χ0v) is 21.3. The first kappa shape index (κ1) is 26.3. The molecule has 0 aromatic heterocycles. The Bertz CT molecular complexity index is 831. The SMILES string of the molecule is CC(C)C(N)=NC(=O)N1CCC(CCCOc2ccc(C[C@H](N)C(=O)N3CCSC3)cc2)CC1. The van der Waals surface area contributed by atoms with Crippen LogP contribution in [0.25, 0.3) is 0 Å². The molecule has 2 aliphatic heterocycles. The van der Waals surface area contributed by atoms with Gasteiger partial charge in [0, 0.05) is 31.3 Å². The van der Waals surface area contributed by atoms with Crippen molar-refractivity contribution in [3.8, 4) is 5.75 Å². The molecule has 0 unspecified atom stereocenters. The quantitative estimate of drug-likeness (QED) is 0.313. The van der Waals surface area contributed by atoms with E-state index in [1.807, 2.05) is 43.0 Å². The summed E-state index contributed by atoms with van der Waals surface area (Å²) in [6.07, 6.45) is 4.59. The molecule has 2 saturated heterocycles. The highest BCUT2D eigenvalue weighted by Gasteiger charge is 2.24. The monoisotopic (exact) mass is 489 g/mol. The van der Waals surface area contributed by atoms with Crippen molar-refractivity contribution < 1.29 is 14.3 Å². The summed E-state index contributed by atoms with van der Waals surface area (Å²) in [6, 6.07) is 7.17. The van der Waals surface area contributed by atoms with Gasteiger partial charge in [-0.3, -0.25) is 4.79 Å². The van der Waals surface area contributed by atoms with Gasteiger partial charge in [-0.15, -0.1) is 11.8 Å². The van der Waals surface area contributed by atoms with Crippen LogP contribution < -0.4 is 16.2 Å². The number of rotatable bonds is 9. The van der Waals surface area contributed by atoms with Crippen molar-refractivity contribution in [2.24, 2.45) is 28.3 Å². The van der Waals surface area contributed by atoms with Crippen LogP contribution in [0.5, 0.6) is 5.75 Å². The van der Waals surface area contributed by atoms with Crippen LogP contribution in [0, 0.1) is 11.8 Å².